The summed E-state index contributed by atoms with van der Waals surface area (Å²) in [6.45, 7) is 1.73. The van der Waals surface area contributed by atoms with Crippen molar-refractivity contribution in [2.75, 3.05) is 11.9 Å². The lowest BCUT2D eigenvalue weighted by molar-refractivity contribution is -0.192. The SMILES string of the molecule is O=C(Nc1ccnn1Cc1cccs1)c1ccc(C2CCCN2)s1.O=C(O)C(F)(F)F. The molecule has 0 bridgehead atoms. The van der Waals surface area contributed by atoms with Crippen molar-refractivity contribution in [3.63, 3.8) is 0 Å². The number of anilines is 1. The molecule has 3 aromatic rings. The van der Waals surface area contributed by atoms with Gasteiger partial charge in [-0.1, -0.05) is 6.07 Å². The summed E-state index contributed by atoms with van der Waals surface area (Å²) in [4.78, 5) is 24.6. The molecule has 0 spiro atoms. The van der Waals surface area contributed by atoms with Crippen LogP contribution in [0.3, 0.4) is 0 Å². The Kier molecular flexibility index (Phi) is 7.46. The molecule has 31 heavy (non-hydrogen) atoms. The lowest BCUT2D eigenvalue weighted by Crippen LogP contribution is -2.21. The quantitative estimate of drug-likeness (QED) is 0.513. The number of nitrogens with one attached hydrogen (secondary N) is 2. The van der Waals surface area contributed by atoms with Crippen molar-refractivity contribution in [2.45, 2.75) is 31.6 Å². The van der Waals surface area contributed by atoms with E-state index in [1.807, 2.05) is 28.3 Å². The Labute approximate surface area is 183 Å². The minimum absolute atomic E-state index is 0.0721. The topological polar surface area (TPSA) is 96.3 Å². The van der Waals surface area contributed by atoms with Gasteiger partial charge in [0, 0.05) is 21.9 Å². The van der Waals surface area contributed by atoms with E-state index < -0.39 is 12.1 Å². The molecule has 1 amide bonds. The molecule has 1 atom stereocenters. The minimum Gasteiger partial charge on any atom is -0.475 e. The van der Waals surface area contributed by atoms with E-state index in [1.54, 1.807) is 28.9 Å². The Morgan fingerprint density at radius 3 is 2.68 bits per heavy atom. The van der Waals surface area contributed by atoms with Gasteiger partial charge in [0.05, 0.1) is 17.6 Å². The highest BCUT2D eigenvalue weighted by atomic mass is 32.1. The van der Waals surface area contributed by atoms with Crippen LogP contribution in [0.15, 0.2) is 41.9 Å². The zero-order valence-electron chi connectivity index (χ0n) is 16.1. The second-order valence-electron chi connectivity index (χ2n) is 6.56. The average Bonchev–Trinajstić information content (AvgIpc) is 3.50. The molecule has 166 valence electrons. The number of nitrogens with zero attached hydrogens (tertiary/aromatic N) is 2. The molecule has 1 unspecified atom stereocenters. The Morgan fingerprint density at radius 2 is 2.06 bits per heavy atom. The number of thiophene rings is 2. The van der Waals surface area contributed by atoms with E-state index in [1.165, 1.54) is 16.2 Å². The number of carbonyl (C=O) groups excluding carboxylic acids is 1. The average molecular weight is 473 g/mol. The number of aromatic nitrogens is 2. The van der Waals surface area contributed by atoms with Crippen molar-refractivity contribution < 1.29 is 27.9 Å². The number of carbonyl (C=O) groups is 2. The van der Waals surface area contributed by atoms with Gasteiger partial charge in [-0.25, -0.2) is 9.48 Å². The first-order valence-corrected chi connectivity index (χ1v) is 10.9. The number of amides is 1. The zero-order chi connectivity index (χ0) is 22.4. The van der Waals surface area contributed by atoms with E-state index in [0.29, 0.717) is 12.6 Å². The second-order valence-corrected chi connectivity index (χ2v) is 8.71. The maximum Gasteiger partial charge on any atom is 0.490 e. The van der Waals surface area contributed by atoms with Crippen molar-refractivity contribution in [3.8, 4) is 0 Å². The van der Waals surface area contributed by atoms with Crippen LogP contribution in [-0.2, 0) is 11.3 Å². The van der Waals surface area contributed by atoms with Crippen LogP contribution in [0, 0.1) is 0 Å². The number of alkyl halides is 3. The van der Waals surface area contributed by atoms with Crippen LogP contribution in [0.1, 0.15) is 38.3 Å². The van der Waals surface area contributed by atoms with Gasteiger partial charge in [-0.05, 0) is 43.0 Å². The van der Waals surface area contributed by atoms with E-state index in [-0.39, 0.29) is 5.91 Å². The molecule has 3 aromatic heterocycles. The minimum atomic E-state index is -5.08. The third-order valence-corrected chi connectivity index (χ3v) is 6.40. The van der Waals surface area contributed by atoms with Gasteiger partial charge in [0.2, 0.25) is 0 Å². The molecule has 0 aliphatic carbocycles. The summed E-state index contributed by atoms with van der Waals surface area (Å²) in [6.07, 6.45) is -1.02. The van der Waals surface area contributed by atoms with Crippen LogP contribution >= 0.6 is 22.7 Å². The van der Waals surface area contributed by atoms with E-state index in [9.17, 15) is 18.0 Å². The molecular formula is C19H19F3N4O3S2. The number of hydrogen-bond acceptors (Lipinski definition) is 6. The number of carboxylic acid groups (broad SMARTS) is 1. The fourth-order valence-corrected chi connectivity index (χ4v) is 4.58. The highest BCUT2D eigenvalue weighted by Crippen LogP contribution is 2.29. The van der Waals surface area contributed by atoms with Crippen molar-refractivity contribution >= 4 is 40.4 Å². The number of halogens is 3. The molecule has 0 aromatic carbocycles. The Balaban J connectivity index is 0.000000339. The van der Waals surface area contributed by atoms with Crippen molar-refractivity contribution in [2.24, 2.45) is 0 Å². The molecule has 1 saturated heterocycles. The van der Waals surface area contributed by atoms with E-state index in [4.69, 9.17) is 9.90 Å². The summed E-state index contributed by atoms with van der Waals surface area (Å²) < 4.78 is 33.6. The summed E-state index contributed by atoms with van der Waals surface area (Å²) in [5.41, 5.74) is 0. The molecule has 4 heterocycles. The number of aliphatic carboxylic acids is 1. The molecule has 3 N–H and O–H groups in total. The first kappa shape index (κ1) is 23.0. The Morgan fingerprint density at radius 1 is 1.29 bits per heavy atom. The van der Waals surface area contributed by atoms with Gasteiger partial charge in [0.15, 0.2) is 0 Å². The first-order valence-electron chi connectivity index (χ1n) is 9.23. The maximum atomic E-state index is 12.5. The van der Waals surface area contributed by atoms with E-state index >= 15 is 0 Å². The molecule has 4 rings (SSSR count). The molecule has 1 fully saturated rings. The van der Waals surface area contributed by atoms with Gasteiger partial charge in [0.1, 0.15) is 5.82 Å². The molecule has 1 aliphatic rings. The Bertz CT molecular complexity index is 1010. The molecule has 7 nitrogen and oxygen atoms in total. The summed E-state index contributed by atoms with van der Waals surface area (Å²) in [7, 11) is 0. The van der Waals surface area contributed by atoms with Crippen LogP contribution in [0.5, 0.6) is 0 Å². The fraction of sp³-hybridized carbons (Fsp3) is 0.316. The smallest absolute Gasteiger partial charge is 0.475 e. The molecule has 12 heteroatoms. The standard InChI is InChI=1S/C17H18N4OS2.C2HF3O2/c22-17(15-6-5-14(24-15)13-4-1-8-18-13)20-16-7-9-19-21(16)11-12-3-2-10-23-12;3-2(4,5)1(6)7/h2-3,5-7,9-10,13,18H,1,4,8,11H2,(H,20,22);(H,6,7). The number of carboxylic acids is 1. The van der Waals surface area contributed by atoms with Crippen molar-refractivity contribution in [1.29, 1.82) is 0 Å². The molecule has 0 radical (unpaired) electrons. The summed E-state index contributed by atoms with van der Waals surface area (Å²) in [5, 5.41) is 19.9. The second kappa shape index (κ2) is 10.1. The monoisotopic (exact) mass is 472 g/mol. The van der Waals surface area contributed by atoms with Gasteiger partial charge in [0.25, 0.3) is 5.91 Å². The van der Waals surface area contributed by atoms with Gasteiger partial charge >= 0.3 is 12.1 Å². The largest absolute Gasteiger partial charge is 0.490 e. The third-order valence-electron chi connectivity index (χ3n) is 4.34. The Hall–Kier alpha value is -2.70. The van der Waals surface area contributed by atoms with Crippen LogP contribution in [0.25, 0.3) is 0 Å². The van der Waals surface area contributed by atoms with Gasteiger partial charge in [-0.2, -0.15) is 18.3 Å². The molecular weight excluding hydrogens is 453 g/mol. The first-order chi connectivity index (χ1) is 14.7. The van der Waals surface area contributed by atoms with Crippen molar-refractivity contribution in [1.82, 2.24) is 15.1 Å². The number of hydrogen-bond donors (Lipinski definition) is 3. The predicted molar refractivity (Wildman–Crippen MR) is 112 cm³/mol. The predicted octanol–water partition coefficient (Wildman–Crippen LogP) is 4.36. The van der Waals surface area contributed by atoms with Crippen LogP contribution in [0.2, 0.25) is 0 Å². The summed E-state index contributed by atoms with van der Waals surface area (Å²) >= 11 is 3.25. The molecule has 0 saturated carbocycles. The van der Waals surface area contributed by atoms with Gasteiger partial charge in [-0.15, -0.1) is 22.7 Å². The third kappa shape index (κ3) is 6.39. The van der Waals surface area contributed by atoms with Gasteiger partial charge < -0.3 is 15.7 Å². The normalized spacial score (nSPS) is 15.9. The summed E-state index contributed by atoms with van der Waals surface area (Å²) in [5.74, 6) is -2.10. The van der Waals surface area contributed by atoms with E-state index in [0.717, 1.165) is 23.7 Å². The number of rotatable bonds is 5. The van der Waals surface area contributed by atoms with Crippen molar-refractivity contribution in [3.05, 3.63) is 56.5 Å². The highest BCUT2D eigenvalue weighted by Gasteiger charge is 2.38. The van der Waals surface area contributed by atoms with E-state index in [2.05, 4.69) is 27.9 Å². The summed E-state index contributed by atoms with van der Waals surface area (Å²) in [6, 6.07) is 10.3. The lowest BCUT2D eigenvalue weighted by atomic mass is 10.2. The fourth-order valence-electron chi connectivity index (χ4n) is 2.88. The maximum absolute atomic E-state index is 12.5. The van der Waals surface area contributed by atoms with Crippen LogP contribution < -0.4 is 10.6 Å². The lowest BCUT2D eigenvalue weighted by Gasteiger charge is -2.08. The zero-order valence-corrected chi connectivity index (χ0v) is 17.7. The van der Waals surface area contributed by atoms with Gasteiger partial charge in [-0.3, -0.25) is 4.79 Å². The molecule has 1 aliphatic heterocycles. The van der Waals surface area contributed by atoms with Crippen LogP contribution in [0.4, 0.5) is 19.0 Å². The highest BCUT2D eigenvalue weighted by molar-refractivity contribution is 7.14. The van der Waals surface area contributed by atoms with Crippen LogP contribution in [-0.4, -0.2) is 39.5 Å².